The highest BCUT2D eigenvalue weighted by Crippen LogP contribution is 2.37. The van der Waals surface area contributed by atoms with Crippen LogP contribution in [0.15, 0.2) is 60.7 Å². The van der Waals surface area contributed by atoms with Crippen LogP contribution in [0.1, 0.15) is 24.5 Å². The Balaban J connectivity index is 2.60. The van der Waals surface area contributed by atoms with Crippen LogP contribution in [0.5, 0.6) is 0 Å². The average molecular weight is 311 g/mol. The number of hydrogen-bond acceptors (Lipinski definition) is 3. The van der Waals surface area contributed by atoms with Crippen molar-refractivity contribution < 1.29 is 9.53 Å². The third-order valence-electron chi connectivity index (χ3n) is 4.09. The zero-order chi connectivity index (χ0) is 16.7. The van der Waals surface area contributed by atoms with Crippen LogP contribution >= 0.6 is 0 Å². The molecule has 0 fully saturated rings. The molecule has 0 saturated heterocycles. The highest BCUT2D eigenvalue weighted by atomic mass is 16.5. The summed E-state index contributed by atoms with van der Waals surface area (Å²) in [6.45, 7) is 3.02. The van der Waals surface area contributed by atoms with Crippen molar-refractivity contribution in [3.63, 3.8) is 0 Å². The normalized spacial score (nSPS) is 11.5. The van der Waals surface area contributed by atoms with E-state index in [2.05, 4.69) is 4.90 Å². The molecule has 2 aromatic rings. The van der Waals surface area contributed by atoms with Crippen LogP contribution in [-0.4, -0.2) is 38.1 Å². The minimum absolute atomic E-state index is 0.181. The maximum atomic E-state index is 13.0. The van der Waals surface area contributed by atoms with Crippen LogP contribution in [-0.2, 0) is 14.9 Å². The van der Waals surface area contributed by atoms with Crippen molar-refractivity contribution in [2.45, 2.75) is 18.8 Å². The molecule has 23 heavy (non-hydrogen) atoms. The molecule has 0 bridgehead atoms. The number of ether oxygens (including phenoxy) is 1. The minimum atomic E-state index is -0.775. The van der Waals surface area contributed by atoms with Crippen molar-refractivity contribution in [1.82, 2.24) is 4.90 Å². The topological polar surface area (TPSA) is 29.5 Å². The second kappa shape index (κ2) is 7.93. The molecule has 0 amide bonds. The van der Waals surface area contributed by atoms with Gasteiger partial charge in [0.1, 0.15) is 5.41 Å². The number of hydrogen-bond donors (Lipinski definition) is 0. The van der Waals surface area contributed by atoms with Gasteiger partial charge in [-0.05, 0) is 45.1 Å². The smallest absolute Gasteiger partial charge is 0.321 e. The molecule has 0 aliphatic heterocycles. The van der Waals surface area contributed by atoms with Crippen LogP contribution in [0.3, 0.4) is 0 Å². The first kappa shape index (κ1) is 17.2. The molecule has 0 aliphatic carbocycles. The van der Waals surface area contributed by atoms with Gasteiger partial charge in [0.25, 0.3) is 0 Å². The molecule has 2 rings (SSSR count). The Labute approximate surface area is 138 Å². The summed E-state index contributed by atoms with van der Waals surface area (Å²) in [7, 11) is 4.04. The minimum Gasteiger partial charge on any atom is -0.465 e. The zero-order valence-corrected chi connectivity index (χ0v) is 14.2. The molecule has 0 heterocycles. The third kappa shape index (κ3) is 3.80. The molecule has 0 unspecified atom stereocenters. The van der Waals surface area contributed by atoms with Gasteiger partial charge in [-0.2, -0.15) is 0 Å². The highest BCUT2D eigenvalue weighted by Gasteiger charge is 2.43. The molecule has 3 heteroatoms. The van der Waals surface area contributed by atoms with Gasteiger partial charge in [0, 0.05) is 0 Å². The van der Waals surface area contributed by atoms with E-state index in [1.807, 2.05) is 81.7 Å². The molecule has 0 aliphatic rings. The van der Waals surface area contributed by atoms with E-state index in [0.29, 0.717) is 13.0 Å². The Morgan fingerprint density at radius 3 is 1.83 bits per heavy atom. The largest absolute Gasteiger partial charge is 0.465 e. The van der Waals surface area contributed by atoms with Crippen molar-refractivity contribution in [3.8, 4) is 0 Å². The molecule has 0 saturated carbocycles. The molecule has 3 nitrogen and oxygen atoms in total. The van der Waals surface area contributed by atoms with E-state index >= 15 is 0 Å². The molecule has 0 spiro atoms. The quantitative estimate of drug-likeness (QED) is 0.733. The second-order valence-electron chi connectivity index (χ2n) is 5.91. The van der Waals surface area contributed by atoms with Gasteiger partial charge in [-0.1, -0.05) is 60.7 Å². The summed E-state index contributed by atoms with van der Waals surface area (Å²) < 4.78 is 5.49. The summed E-state index contributed by atoms with van der Waals surface area (Å²) in [5.41, 5.74) is 1.18. The first-order chi connectivity index (χ1) is 11.1. The summed E-state index contributed by atoms with van der Waals surface area (Å²) >= 11 is 0. The van der Waals surface area contributed by atoms with Crippen molar-refractivity contribution in [2.24, 2.45) is 0 Å². The van der Waals surface area contributed by atoms with Crippen LogP contribution in [0.4, 0.5) is 0 Å². The lowest BCUT2D eigenvalue weighted by Gasteiger charge is -2.33. The SMILES string of the molecule is CCOC(=O)C(CCN(C)C)(c1ccccc1)c1ccccc1. The van der Waals surface area contributed by atoms with E-state index in [0.717, 1.165) is 17.7 Å². The first-order valence-corrected chi connectivity index (χ1v) is 8.04. The summed E-state index contributed by atoms with van der Waals surface area (Å²) in [6, 6.07) is 19.9. The fourth-order valence-electron chi connectivity index (χ4n) is 2.88. The summed E-state index contributed by atoms with van der Waals surface area (Å²) in [5.74, 6) is -0.181. The van der Waals surface area contributed by atoms with Crippen molar-refractivity contribution in [2.75, 3.05) is 27.2 Å². The van der Waals surface area contributed by atoms with Gasteiger partial charge >= 0.3 is 5.97 Å². The Morgan fingerprint density at radius 2 is 1.43 bits per heavy atom. The number of esters is 1. The fraction of sp³-hybridized carbons (Fsp3) is 0.350. The third-order valence-corrected chi connectivity index (χ3v) is 4.09. The first-order valence-electron chi connectivity index (χ1n) is 8.04. The van der Waals surface area contributed by atoms with E-state index in [1.165, 1.54) is 0 Å². The van der Waals surface area contributed by atoms with E-state index in [9.17, 15) is 4.79 Å². The maximum Gasteiger partial charge on any atom is 0.321 e. The molecular formula is C20H25NO2. The molecule has 0 atom stereocenters. The molecule has 0 N–H and O–H groups in total. The standard InChI is InChI=1S/C20H25NO2/c1-4-23-19(22)20(15-16-21(2)3,17-11-7-5-8-12-17)18-13-9-6-10-14-18/h5-14H,4,15-16H2,1-3H3. The van der Waals surface area contributed by atoms with Gasteiger partial charge in [0.15, 0.2) is 0 Å². The number of rotatable bonds is 7. The Morgan fingerprint density at radius 1 is 0.957 bits per heavy atom. The monoisotopic (exact) mass is 311 g/mol. The second-order valence-corrected chi connectivity index (χ2v) is 5.91. The Hall–Kier alpha value is -2.13. The van der Waals surface area contributed by atoms with Gasteiger partial charge < -0.3 is 9.64 Å². The maximum absolute atomic E-state index is 13.0. The van der Waals surface area contributed by atoms with Crippen LogP contribution in [0, 0.1) is 0 Å². The van der Waals surface area contributed by atoms with Crippen LogP contribution in [0.2, 0.25) is 0 Å². The number of nitrogens with zero attached hydrogens (tertiary/aromatic N) is 1. The van der Waals surface area contributed by atoms with E-state index in [4.69, 9.17) is 4.74 Å². The van der Waals surface area contributed by atoms with Crippen LogP contribution in [0.25, 0.3) is 0 Å². The van der Waals surface area contributed by atoms with Gasteiger partial charge in [-0.3, -0.25) is 4.79 Å². The predicted octanol–water partition coefficient (Wildman–Crippen LogP) is 3.49. The van der Waals surface area contributed by atoms with Gasteiger partial charge in [0.05, 0.1) is 6.61 Å². The van der Waals surface area contributed by atoms with Crippen molar-refractivity contribution in [3.05, 3.63) is 71.8 Å². The molecule has 2 aromatic carbocycles. The lowest BCUT2D eigenvalue weighted by atomic mass is 9.72. The summed E-state index contributed by atoms with van der Waals surface area (Å²) in [4.78, 5) is 15.1. The summed E-state index contributed by atoms with van der Waals surface area (Å²) in [6.07, 6.45) is 0.673. The van der Waals surface area contributed by atoms with E-state index < -0.39 is 5.41 Å². The average Bonchev–Trinajstić information content (AvgIpc) is 2.57. The van der Waals surface area contributed by atoms with E-state index in [1.54, 1.807) is 0 Å². The number of carbonyl (C=O) groups is 1. The molecule has 0 aromatic heterocycles. The Kier molecular flexibility index (Phi) is 5.94. The van der Waals surface area contributed by atoms with Crippen molar-refractivity contribution >= 4 is 5.97 Å². The van der Waals surface area contributed by atoms with E-state index in [-0.39, 0.29) is 5.97 Å². The number of carbonyl (C=O) groups excluding carboxylic acids is 1. The van der Waals surface area contributed by atoms with Crippen LogP contribution < -0.4 is 0 Å². The van der Waals surface area contributed by atoms with Crippen molar-refractivity contribution in [1.29, 1.82) is 0 Å². The Bertz CT molecular complexity index is 569. The number of benzene rings is 2. The van der Waals surface area contributed by atoms with Gasteiger partial charge in [-0.15, -0.1) is 0 Å². The molecule has 0 radical (unpaired) electrons. The lowest BCUT2D eigenvalue weighted by molar-refractivity contribution is -0.148. The fourth-order valence-corrected chi connectivity index (χ4v) is 2.88. The zero-order valence-electron chi connectivity index (χ0n) is 14.2. The van der Waals surface area contributed by atoms with Gasteiger partial charge in [-0.25, -0.2) is 0 Å². The molecule has 122 valence electrons. The highest BCUT2D eigenvalue weighted by molar-refractivity contribution is 5.87. The molecular weight excluding hydrogens is 286 g/mol. The predicted molar refractivity (Wildman–Crippen MR) is 93.5 cm³/mol. The van der Waals surface area contributed by atoms with Gasteiger partial charge in [0.2, 0.25) is 0 Å². The summed E-state index contributed by atoms with van der Waals surface area (Å²) in [5, 5.41) is 0. The lowest BCUT2D eigenvalue weighted by Crippen LogP contribution is -2.41.